The minimum Gasteiger partial charge on any atom is -0.458 e. The van der Waals surface area contributed by atoms with Gasteiger partial charge in [-0.15, -0.1) is 0 Å². The van der Waals surface area contributed by atoms with E-state index in [0.29, 0.717) is 0 Å². The lowest BCUT2D eigenvalue weighted by atomic mass is 9.34. The maximum absolute atomic E-state index is 6.99. The average Bonchev–Trinajstić information content (AvgIpc) is 3.85. The Bertz CT molecular complexity index is 3330. The average molecular weight is 674 g/mol. The topological polar surface area (TPSA) is 24.0 Å². The molecule has 3 aromatic heterocycles. The van der Waals surface area contributed by atoms with Crippen molar-refractivity contribution in [1.29, 1.82) is 0 Å². The molecule has 0 unspecified atom stereocenters. The van der Waals surface area contributed by atoms with E-state index in [9.17, 15) is 0 Å². The van der Waals surface area contributed by atoms with Crippen LogP contribution in [0.4, 0.5) is 0 Å². The Morgan fingerprint density at radius 1 is 0.377 bits per heavy atom. The van der Waals surface area contributed by atoms with E-state index < -0.39 is 0 Å². The van der Waals surface area contributed by atoms with Crippen molar-refractivity contribution >= 4 is 88.5 Å². The van der Waals surface area contributed by atoms with Crippen LogP contribution in [0.1, 0.15) is 0 Å². The van der Waals surface area contributed by atoms with Gasteiger partial charge in [0.25, 0.3) is 6.71 Å². The second-order valence-corrected chi connectivity index (χ2v) is 14.4. The number of hydrogen-bond acceptors (Lipinski definition) is 1. The highest BCUT2D eigenvalue weighted by molar-refractivity contribution is 6.99. The van der Waals surface area contributed by atoms with Crippen LogP contribution < -0.4 is 21.1 Å². The first kappa shape index (κ1) is 27.7. The van der Waals surface area contributed by atoms with Crippen molar-refractivity contribution < 1.29 is 4.74 Å². The summed E-state index contributed by atoms with van der Waals surface area (Å²) in [6.07, 6.45) is 0. The molecule has 0 bridgehead atoms. The Kier molecular flexibility index (Phi) is 5.16. The van der Waals surface area contributed by atoms with Crippen LogP contribution >= 0.6 is 0 Å². The third-order valence-electron chi connectivity index (χ3n) is 11.9. The Morgan fingerprint density at radius 2 is 0.962 bits per heavy atom. The Hall–Kier alpha value is -6.98. The van der Waals surface area contributed by atoms with Gasteiger partial charge in [-0.2, -0.15) is 0 Å². The van der Waals surface area contributed by atoms with Gasteiger partial charge in [0.2, 0.25) is 0 Å². The fourth-order valence-corrected chi connectivity index (χ4v) is 9.83. The minimum absolute atomic E-state index is 0.0473. The number of nitrogens with zero attached hydrogens (tertiary/aromatic N) is 3. The molecular weight excluding hydrogens is 645 g/mol. The monoisotopic (exact) mass is 673 g/mol. The Balaban J connectivity index is 1.29. The van der Waals surface area contributed by atoms with E-state index in [1.54, 1.807) is 0 Å². The number of ether oxygens (including phenoxy) is 1. The lowest BCUT2D eigenvalue weighted by molar-refractivity contribution is 0.487. The third kappa shape index (κ3) is 3.42. The van der Waals surface area contributed by atoms with Crippen molar-refractivity contribution in [1.82, 2.24) is 13.7 Å². The van der Waals surface area contributed by atoms with E-state index in [-0.39, 0.29) is 6.71 Å². The van der Waals surface area contributed by atoms with E-state index >= 15 is 0 Å². The molecule has 5 heterocycles. The molecule has 0 N–H and O–H groups in total. The number of fused-ring (bicyclic) bond motifs is 14. The quantitative estimate of drug-likeness (QED) is 0.168. The number of aromatic nitrogens is 3. The number of benzene rings is 8. The van der Waals surface area contributed by atoms with Crippen LogP contribution in [-0.2, 0) is 0 Å². The Morgan fingerprint density at radius 3 is 1.72 bits per heavy atom. The van der Waals surface area contributed by atoms with Crippen LogP contribution in [0.15, 0.2) is 170 Å². The zero-order valence-corrected chi connectivity index (χ0v) is 28.5. The van der Waals surface area contributed by atoms with Crippen LogP contribution in [0.2, 0.25) is 0 Å². The number of para-hydroxylation sites is 6. The summed E-state index contributed by atoms with van der Waals surface area (Å²) >= 11 is 0. The van der Waals surface area contributed by atoms with Crippen LogP contribution in [0.5, 0.6) is 11.5 Å². The summed E-state index contributed by atoms with van der Waals surface area (Å²) in [5.41, 5.74) is 14.4. The molecule has 4 nitrogen and oxygen atoms in total. The van der Waals surface area contributed by atoms with Crippen molar-refractivity contribution in [2.45, 2.75) is 0 Å². The molecule has 5 heteroatoms. The minimum atomic E-state index is 0.0473. The molecule has 2 aliphatic heterocycles. The molecule has 8 aromatic carbocycles. The summed E-state index contributed by atoms with van der Waals surface area (Å²) in [6, 6.07) is 62.0. The van der Waals surface area contributed by atoms with Gasteiger partial charge in [0.15, 0.2) is 0 Å². The predicted molar refractivity (Wildman–Crippen MR) is 221 cm³/mol. The number of rotatable bonds is 2. The second-order valence-electron chi connectivity index (χ2n) is 14.4. The van der Waals surface area contributed by atoms with E-state index in [4.69, 9.17) is 4.74 Å². The fraction of sp³-hybridized carbons (Fsp3) is 0. The molecule has 244 valence electrons. The van der Waals surface area contributed by atoms with Crippen molar-refractivity contribution in [2.24, 2.45) is 0 Å². The molecule has 0 saturated carbocycles. The SMILES string of the molecule is c1ccc(-n2c3ccccc3c3cc4c5c(-n6c7ccccc7c7ccccc76)cc6c7c5n(c4cc32)-c2ccccc2B7c2ccccc2O6)cc1. The van der Waals surface area contributed by atoms with E-state index in [1.165, 1.54) is 87.5 Å². The van der Waals surface area contributed by atoms with Gasteiger partial charge in [0.1, 0.15) is 11.5 Å². The third-order valence-corrected chi connectivity index (χ3v) is 11.9. The highest BCUT2D eigenvalue weighted by Gasteiger charge is 2.41. The van der Waals surface area contributed by atoms with Crippen molar-refractivity contribution in [3.63, 3.8) is 0 Å². The summed E-state index contributed by atoms with van der Waals surface area (Å²) in [5.74, 6) is 1.84. The normalized spacial score (nSPS) is 13.0. The molecule has 0 fully saturated rings. The van der Waals surface area contributed by atoms with Gasteiger partial charge in [-0.3, -0.25) is 0 Å². The highest BCUT2D eigenvalue weighted by Crippen LogP contribution is 2.46. The van der Waals surface area contributed by atoms with Gasteiger partial charge in [-0.1, -0.05) is 109 Å². The maximum atomic E-state index is 6.99. The van der Waals surface area contributed by atoms with E-state index in [0.717, 1.165) is 22.9 Å². The molecule has 0 saturated heterocycles. The van der Waals surface area contributed by atoms with Crippen LogP contribution in [0, 0.1) is 0 Å². The summed E-state index contributed by atoms with van der Waals surface area (Å²) in [5, 5.41) is 7.45. The fourth-order valence-electron chi connectivity index (χ4n) is 9.83. The first-order valence-electron chi connectivity index (χ1n) is 18.3. The van der Waals surface area contributed by atoms with Gasteiger partial charge in [0.05, 0.1) is 38.8 Å². The van der Waals surface area contributed by atoms with Gasteiger partial charge in [-0.05, 0) is 71.0 Å². The van der Waals surface area contributed by atoms with Gasteiger partial charge in [0, 0.05) is 49.8 Å². The molecule has 0 spiro atoms. The predicted octanol–water partition coefficient (Wildman–Crippen LogP) is 9.91. The lowest BCUT2D eigenvalue weighted by Crippen LogP contribution is -2.58. The molecule has 0 atom stereocenters. The molecule has 0 amide bonds. The maximum Gasteiger partial charge on any atom is 0.256 e. The smallest absolute Gasteiger partial charge is 0.256 e. The number of hydrogen-bond donors (Lipinski definition) is 0. The van der Waals surface area contributed by atoms with Crippen molar-refractivity contribution in [3.05, 3.63) is 170 Å². The largest absolute Gasteiger partial charge is 0.458 e. The molecule has 53 heavy (non-hydrogen) atoms. The Labute approximate surface area is 304 Å². The van der Waals surface area contributed by atoms with Gasteiger partial charge in [-0.25, -0.2) is 0 Å². The van der Waals surface area contributed by atoms with Crippen LogP contribution in [0.25, 0.3) is 82.5 Å². The molecule has 0 aliphatic carbocycles. The van der Waals surface area contributed by atoms with Crippen LogP contribution in [0.3, 0.4) is 0 Å². The molecule has 13 rings (SSSR count). The van der Waals surface area contributed by atoms with Crippen molar-refractivity contribution in [2.75, 3.05) is 0 Å². The van der Waals surface area contributed by atoms with E-state index in [1.807, 2.05) is 0 Å². The summed E-state index contributed by atoms with van der Waals surface area (Å²) in [6.45, 7) is 0.0473. The highest BCUT2D eigenvalue weighted by atomic mass is 16.5. The molecule has 2 aliphatic rings. The van der Waals surface area contributed by atoms with Crippen LogP contribution in [-0.4, -0.2) is 20.4 Å². The molecular formula is C48H28BN3O. The lowest BCUT2D eigenvalue weighted by Gasteiger charge is -2.33. The second kappa shape index (κ2) is 9.87. The summed E-state index contributed by atoms with van der Waals surface area (Å²) < 4.78 is 14.4. The standard InChI is InChI=1S/C48H28BN3O/c1-2-14-29(15-3-1)50-37-21-9-6-18-32(37)33-26-34-42(27-41(33)50)52-40-24-12-7-19-35(40)49-36-20-8-13-25-44(36)53-45-28-43(46(34)48(52)47(45)49)51-38-22-10-4-16-30(38)31-17-5-11-23-39(31)51/h1-28H. The molecule has 11 aromatic rings. The first-order chi connectivity index (χ1) is 26.3. The van der Waals surface area contributed by atoms with E-state index in [2.05, 4.69) is 184 Å². The summed E-state index contributed by atoms with van der Waals surface area (Å²) in [4.78, 5) is 0. The summed E-state index contributed by atoms with van der Waals surface area (Å²) in [7, 11) is 0. The van der Waals surface area contributed by atoms with Gasteiger partial charge >= 0.3 is 0 Å². The van der Waals surface area contributed by atoms with Crippen molar-refractivity contribution in [3.8, 4) is 28.6 Å². The first-order valence-corrected chi connectivity index (χ1v) is 18.3. The van der Waals surface area contributed by atoms with Gasteiger partial charge < -0.3 is 18.4 Å². The zero-order valence-electron chi connectivity index (χ0n) is 28.5. The molecule has 0 radical (unpaired) electrons. The zero-order chi connectivity index (χ0) is 34.4.